The van der Waals surface area contributed by atoms with Crippen LogP contribution in [0.4, 0.5) is 0 Å². The summed E-state index contributed by atoms with van der Waals surface area (Å²) in [6.07, 6.45) is 5.29. The maximum Gasteiger partial charge on any atom is 0.249 e. The lowest BCUT2D eigenvalue weighted by Crippen LogP contribution is -2.39. The standard InChI is InChI=1S/C15H24N2O2S/c1-3-14(19-13-6-4-5-11(2)7-13)15(18)16-8-12-9-20-10-17-12/h9-11,13-14H,3-8H2,1-2H3,(H,16,18)/t11-,13+,14-/m0/s1. The molecule has 0 unspecified atom stereocenters. The van der Waals surface area contributed by atoms with E-state index in [2.05, 4.69) is 17.2 Å². The Labute approximate surface area is 124 Å². The minimum Gasteiger partial charge on any atom is -0.365 e. The Bertz CT molecular complexity index is 408. The number of hydrogen-bond donors (Lipinski definition) is 1. The third-order valence-electron chi connectivity index (χ3n) is 3.84. The van der Waals surface area contributed by atoms with E-state index in [1.54, 1.807) is 16.8 Å². The zero-order chi connectivity index (χ0) is 14.4. The fourth-order valence-corrected chi connectivity index (χ4v) is 3.25. The molecule has 1 aromatic rings. The summed E-state index contributed by atoms with van der Waals surface area (Å²) in [6.45, 7) is 4.75. The summed E-state index contributed by atoms with van der Waals surface area (Å²) in [5.74, 6) is 0.697. The van der Waals surface area contributed by atoms with Crippen molar-refractivity contribution < 1.29 is 9.53 Å². The molecule has 20 heavy (non-hydrogen) atoms. The van der Waals surface area contributed by atoms with E-state index in [-0.39, 0.29) is 18.1 Å². The molecule has 1 fully saturated rings. The van der Waals surface area contributed by atoms with E-state index in [1.807, 2.05) is 12.3 Å². The summed E-state index contributed by atoms with van der Waals surface area (Å²) in [5.41, 5.74) is 2.68. The average Bonchev–Trinajstić information content (AvgIpc) is 2.95. The molecule has 1 amide bonds. The van der Waals surface area contributed by atoms with Crippen LogP contribution in [0.3, 0.4) is 0 Å². The van der Waals surface area contributed by atoms with E-state index in [9.17, 15) is 4.79 Å². The monoisotopic (exact) mass is 296 g/mol. The van der Waals surface area contributed by atoms with Crippen LogP contribution in [0.25, 0.3) is 0 Å². The van der Waals surface area contributed by atoms with Gasteiger partial charge in [-0.05, 0) is 25.2 Å². The molecule has 0 aromatic carbocycles. The van der Waals surface area contributed by atoms with E-state index in [0.29, 0.717) is 18.9 Å². The summed E-state index contributed by atoms with van der Waals surface area (Å²) in [6, 6.07) is 0. The van der Waals surface area contributed by atoms with Gasteiger partial charge in [-0.1, -0.05) is 26.7 Å². The van der Waals surface area contributed by atoms with Crippen molar-refractivity contribution in [2.45, 2.75) is 64.7 Å². The lowest BCUT2D eigenvalue weighted by Gasteiger charge is -2.29. The molecular weight excluding hydrogens is 272 g/mol. The third kappa shape index (κ3) is 4.56. The Balaban J connectivity index is 1.79. The normalized spacial score (nSPS) is 24.3. The Hall–Kier alpha value is -0.940. The van der Waals surface area contributed by atoms with E-state index < -0.39 is 0 Å². The van der Waals surface area contributed by atoms with Crippen molar-refractivity contribution in [2.75, 3.05) is 0 Å². The van der Waals surface area contributed by atoms with Gasteiger partial charge < -0.3 is 10.1 Å². The van der Waals surface area contributed by atoms with Crippen LogP contribution in [0.2, 0.25) is 0 Å². The summed E-state index contributed by atoms with van der Waals surface area (Å²) in [4.78, 5) is 16.3. The predicted molar refractivity (Wildman–Crippen MR) is 80.5 cm³/mol. The zero-order valence-electron chi connectivity index (χ0n) is 12.3. The van der Waals surface area contributed by atoms with Gasteiger partial charge in [0.25, 0.3) is 0 Å². The molecule has 3 atom stereocenters. The Morgan fingerprint density at radius 2 is 2.45 bits per heavy atom. The second-order valence-corrected chi connectivity index (χ2v) is 6.34. The summed E-state index contributed by atoms with van der Waals surface area (Å²) < 4.78 is 6.01. The molecule has 112 valence electrons. The molecule has 1 N–H and O–H groups in total. The van der Waals surface area contributed by atoms with Gasteiger partial charge in [0.15, 0.2) is 0 Å². The van der Waals surface area contributed by atoms with E-state index in [1.165, 1.54) is 12.8 Å². The van der Waals surface area contributed by atoms with E-state index in [0.717, 1.165) is 18.5 Å². The summed E-state index contributed by atoms with van der Waals surface area (Å²) >= 11 is 1.54. The molecule has 0 saturated heterocycles. The second-order valence-electron chi connectivity index (χ2n) is 5.62. The van der Waals surface area contributed by atoms with Gasteiger partial charge >= 0.3 is 0 Å². The van der Waals surface area contributed by atoms with Crippen LogP contribution in [0.15, 0.2) is 10.9 Å². The van der Waals surface area contributed by atoms with Crippen LogP contribution in [-0.2, 0) is 16.1 Å². The molecule has 5 heteroatoms. The number of nitrogens with one attached hydrogen (secondary N) is 1. The van der Waals surface area contributed by atoms with Gasteiger partial charge in [-0.2, -0.15) is 0 Å². The highest BCUT2D eigenvalue weighted by Gasteiger charge is 2.25. The number of amides is 1. The van der Waals surface area contributed by atoms with Crippen LogP contribution >= 0.6 is 11.3 Å². The first kappa shape index (κ1) is 15.4. The number of nitrogens with zero attached hydrogens (tertiary/aromatic N) is 1. The molecular formula is C15H24N2O2S. The predicted octanol–water partition coefficient (Wildman–Crippen LogP) is 3.13. The highest BCUT2D eigenvalue weighted by molar-refractivity contribution is 7.07. The lowest BCUT2D eigenvalue weighted by atomic mass is 9.88. The van der Waals surface area contributed by atoms with Crippen molar-refractivity contribution in [3.8, 4) is 0 Å². The van der Waals surface area contributed by atoms with E-state index >= 15 is 0 Å². The van der Waals surface area contributed by atoms with Crippen molar-refractivity contribution in [3.63, 3.8) is 0 Å². The fraction of sp³-hybridized carbons (Fsp3) is 0.733. The molecule has 4 nitrogen and oxygen atoms in total. The third-order valence-corrected chi connectivity index (χ3v) is 4.47. The molecule has 0 radical (unpaired) electrons. The second kappa shape index (κ2) is 7.74. The maximum atomic E-state index is 12.2. The quantitative estimate of drug-likeness (QED) is 0.877. The highest BCUT2D eigenvalue weighted by Crippen LogP contribution is 2.26. The van der Waals surface area contributed by atoms with Gasteiger partial charge in [0.1, 0.15) is 6.10 Å². The lowest BCUT2D eigenvalue weighted by molar-refractivity contribution is -0.139. The largest absolute Gasteiger partial charge is 0.365 e. The minimum atomic E-state index is -0.330. The van der Waals surface area contributed by atoms with Gasteiger partial charge in [0.2, 0.25) is 5.91 Å². The van der Waals surface area contributed by atoms with Gasteiger partial charge in [-0.15, -0.1) is 11.3 Å². The SMILES string of the molecule is CC[C@H](O[C@@H]1CCC[C@H](C)C1)C(=O)NCc1cscn1. The van der Waals surface area contributed by atoms with Gasteiger partial charge in [-0.25, -0.2) is 4.98 Å². The molecule has 1 aliphatic rings. The maximum absolute atomic E-state index is 12.2. The number of ether oxygens (including phenoxy) is 1. The molecule has 0 aliphatic heterocycles. The molecule has 1 heterocycles. The van der Waals surface area contributed by atoms with Crippen LogP contribution < -0.4 is 5.32 Å². The van der Waals surface area contributed by atoms with Crippen LogP contribution in [0.1, 0.15) is 51.6 Å². The number of thiazole rings is 1. The van der Waals surface area contributed by atoms with Gasteiger partial charge in [0, 0.05) is 5.38 Å². The molecule has 0 spiro atoms. The van der Waals surface area contributed by atoms with Crippen molar-refractivity contribution in [1.82, 2.24) is 10.3 Å². The molecule has 1 aromatic heterocycles. The first-order chi connectivity index (χ1) is 9.69. The number of rotatable bonds is 6. The Morgan fingerprint density at radius 1 is 1.60 bits per heavy atom. The summed E-state index contributed by atoms with van der Waals surface area (Å²) in [5, 5.41) is 4.87. The highest BCUT2D eigenvalue weighted by atomic mass is 32.1. The van der Waals surface area contributed by atoms with Crippen molar-refractivity contribution in [3.05, 3.63) is 16.6 Å². The molecule has 1 aliphatic carbocycles. The van der Waals surface area contributed by atoms with Crippen LogP contribution in [0.5, 0.6) is 0 Å². The first-order valence-corrected chi connectivity index (χ1v) is 8.43. The molecule has 1 saturated carbocycles. The fourth-order valence-electron chi connectivity index (χ4n) is 2.69. The minimum absolute atomic E-state index is 0.0151. The van der Waals surface area contributed by atoms with Crippen LogP contribution in [0, 0.1) is 5.92 Å². The van der Waals surface area contributed by atoms with Gasteiger partial charge in [0.05, 0.1) is 23.9 Å². The van der Waals surface area contributed by atoms with E-state index in [4.69, 9.17) is 4.74 Å². The van der Waals surface area contributed by atoms with Crippen molar-refractivity contribution >= 4 is 17.2 Å². The summed E-state index contributed by atoms with van der Waals surface area (Å²) in [7, 11) is 0. The van der Waals surface area contributed by atoms with Crippen molar-refractivity contribution in [2.24, 2.45) is 5.92 Å². The first-order valence-electron chi connectivity index (χ1n) is 7.49. The molecule has 0 bridgehead atoms. The Kier molecular flexibility index (Phi) is 5.98. The average molecular weight is 296 g/mol. The smallest absolute Gasteiger partial charge is 0.249 e. The topological polar surface area (TPSA) is 51.2 Å². The number of hydrogen-bond acceptors (Lipinski definition) is 4. The Morgan fingerprint density at radius 3 is 3.10 bits per heavy atom. The van der Waals surface area contributed by atoms with Crippen molar-refractivity contribution in [1.29, 1.82) is 0 Å². The number of aromatic nitrogens is 1. The molecule has 2 rings (SSSR count). The van der Waals surface area contributed by atoms with Crippen LogP contribution in [-0.4, -0.2) is 23.1 Å². The number of carbonyl (C=O) groups is 1. The van der Waals surface area contributed by atoms with Gasteiger partial charge in [-0.3, -0.25) is 4.79 Å². The zero-order valence-corrected chi connectivity index (χ0v) is 13.1. The number of carbonyl (C=O) groups excluding carboxylic acids is 1.